The van der Waals surface area contributed by atoms with Gasteiger partial charge in [-0.25, -0.2) is 0 Å². The van der Waals surface area contributed by atoms with Crippen LogP contribution in [-0.4, -0.2) is 57.4 Å². The average Bonchev–Trinajstić information content (AvgIpc) is 3.48. The van der Waals surface area contributed by atoms with Gasteiger partial charge in [0.15, 0.2) is 5.82 Å². The maximum atomic E-state index is 13.8. The Morgan fingerprint density at radius 2 is 2.06 bits per heavy atom. The number of ether oxygens (including phenoxy) is 1. The molecule has 164 valence electrons. The van der Waals surface area contributed by atoms with Crippen molar-refractivity contribution in [1.82, 2.24) is 19.7 Å². The van der Waals surface area contributed by atoms with E-state index in [9.17, 15) is 4.79 Å². The molecule has 3 aliphatic rings. The van der Waals surface area contributed by atoms with Crippen LogP contribution in [0.15, 0.2) is 29.3 Å². The number of hydrogen-bond acceptors (Lipinski definition) is 6. The third-order valence-electron chi connectivity index (χ3n) is 5.78. The molecule has 1 fully saturated rings. The van der Waals surface area contributed by atoms with Gasteiger partial charge in [-0.2, -0.15) is 0 Å². The molecule has 4 heterocycles. The number of carbonyl (C=O) groups excluding carboxylic acids is 1. The molecule has 0 bridgehead atoms. The average molecular weight is 476 g/mol. The predicted octanol–water partition coefficient (Wildman–Crippen LogP) is 3.22. The Balaban J connectivity index is 1.45. The van der Waals surface area contributed by atoms with Crippen molar-refractivity contribution in [1.29, 1.82) is 0 Å². The largest absolute Gasteiger partial charge is 0.378 e. The maximum Gasteiger partial charge on any atom is 0.226 e. The topological polar surface area (TPSA) is 72.6 Å². The number of benzene rings is 1. The van der Waals surface area contributed by atoms with E-state index in [1.165, 1.54) is 11.3 Å². The van der Waals surface area contributed by atoms with Crippen molar-refractivity contribution in [3.63, 3.8) is 0 Å². The van der Waals surface area contributed by atoms with Gasteiger partial charge < -0.3 is 9.64 Å². The molecule has 3 aromatic rings. The number of morpholine rings is 1. The van der Waals surface area contributed by atoms with E-state index in [-0.39, 0.29) is 24.3 Å². The molecule has 6 rings (SSSR count). The molecule has 0 saturated carbocycles. The summed E-state index contributed by atoms with van der Waals surface area (Å²) in [6.45, 7) is -11.1. The Morgan fingerprint density at radius 1 is 1.25 bits per heavy atom. The van der Waals surface area contributed by atoms with Crippen LogP contribution in [0.1, 0.15) is 44.2 Å². The fraction of sp³-hybridized carbons (Fsp3) is 0.391. The van der Waals surface area contributed by atoms with Gasteiger partial charge in [0.05, 0.1) is 29.8 Å². The number of halogens is 1. The minimum absolute atomic E-state index is 0.0501. The van der Waals surface area contributed by atoms with E-state index in [4.69, 9.17) is 27.6 Å². The highest BCUT2D eigenvalue weighted by atomic mass is 35.5. The lowest BCUT2D eigenvalue weighted by molar-refractivity contribution is -0.139. The number of aliphatic imine (C=N–C) groups is 1. The summed E-state index contributed by atoms with van der Waals surface area (Å²) in [6.07, 6.45) is 0.198. The standard InChI is InChI=1S/C23H22ClN5O2S/c1-13-26-27-19-12-25-21(15-4-2-3-5-17(15)24)20-16-10-14(11-18(16)32-23(20)29(13)19)22(30)28-6-8-31-9-7-28/h2-5,14H,6-12H2,1H3/i6D2,7D2,8D2,9D2. The van der Waals surface area contributed by atoms with Crippen LogP contribution in [-0.2, 0) is 28.9 Å². The fourth-order valence-corrected chi connectivity index (χ4v) is 6.06. The molecule has 1 saturated heterocycles. The number of fused-ring (bicyclic) bond motifs is 5. The van der Waals surface area contributed by atoms with Crippen LogP contribution in [0.3, 0.4) is 0 Å². The molecule has 1 unspecified atom stereocenters. The Labute approximate surface area is 205 Å². The first kappa shape index (κ1) is 13.2. The summed E-state index contributed by atoms with van der Waals surface area (Å²) in [5.41, 5.74) is 2.77. The third kappa shape index (κ3) is 3.12. The van der Waals surface area contributed by atoms with E-state index in [1.807, 2.05) is 23.6 Å². The first-order chi connectivity index (χ1) is 18.6. The SMILES string of the molecule is [2H]C1([2H])OC([2H])([2H])C([2H])([2H])N(C(=O)C2Cc3sc4c(c3C2)C(c2ccccc2Cl)=NCc2nnc(C)n2-4)C1([2H])[2H]. The normalized spacial score (nSPS) is 29.8. The quantitative estimate of drug-likeness (QED) is 0.570. The van der Waals surface area contributed by atoms with Crippen LogP contribution < -0.4 is 0 Å². The van der Waals surface area contributed by atoms with Crippen LogP contribution in [0, 0.1) is 12.8 Å². The first-order valence-corrected chi connectivity index (χ1v) is 11.2. The molecule has 9 heteroatoms. The zero-order valence-corrected chi connectivity index (χ0v) is 18.4. The van der Waals surface area contributed by atoms with E-state index in [0.717, 1.165) is 21.0 Å². The number of aryl methyl sites for hydroxylation is 1. The lowest BCUT2D eigenvalue weighted by Crippen LogP contribution is -2.44. The Kier molecular flexibility index (Phi) is 3.22. The predicted molar refractivity (Wildman–Crippen MR) is 123 cm³/mol. The van der Waals surface area contributed by atoms with Crippen molar-refractivity contribution in [3.05, 3.63) is 62.5 Å². The van der Waals surface area contributed by atoms with Gasteiger partial charge in [-0.3, -0.25) is 14.4 Å². The minimum atomic E-state index is -3.30. The second-order valence-corrected chi connectivity index (χ2v) is 9.13. The number of thiophene rings is 1. The van der Waals surface area contributed by atoms with Crippen molar-refractivity contribution in [3.8, 4) is 5.00 Å². The van der Waals surface area contributed by atoms with Crippen LogP contribution >= 0.6 is 22.9 Å². The number of aromatic nitrogens is 3. The summed E-state index contributed by atoms with van der Waals surface area (Å²) >= 11 is 7.97. The van der Waals surface area contributed by atoms with Gasteiger partial charge >= 0.3 is 0 Å². The van der Waals surface area contributed by atoms with Gasteiger partial charge in [0.25, 0.3) is 0 Å². The van der Waals surface area contributed by atoms with Crippen LogP contribution in [0.4, 0.5) is 0 Å². The monoisotopic (exact) mass is 475 g/mol. The number of amides is 1. The van der Waals surface area contributed by atoms with Gasteiger partial charge in [-0.05, 0) is 31.4 Å². The van der Waals surface area contributed by atoms with E-state index >= 15 is 0 Å². The zero-order valence-electron chi connectivity index (χ0n) is 24.8. The lowest BCUT2D eigenvalue weighted by Gasteiger charge is -2.29. The van der Waals surface area contributed by atoms with Crippen molar-refractivity contribution in [2.45, 2.75) is 26.3 Å². The summed E-state index contributed by atoms with van der Waals surface area (Å²) in [4.78, 5) is 19.5. The second kappa shape index (κ2) is 7.79. The molecule has 1 amide bonds. The minimum Gasteiger partial charge on any atom is -0.378 e. The molecule has 2 aliphatic heterocycles. The summed E-state index contributed by atoms with van der Waals surface area (Å²) in [5.74, 6) is -0.737. The number of carbonyl (C=O) groups is 1. The summed E-state index contributed by atoms with van der Waals surface area (Å²) in [7, 11) is 0. The molecular formula is C23H22ClN5O2S. The molecule has 2 aromatic heterocycles. The number of nitrogens with zero attached hydrogens (tertiary/aromatic N) is 5. The van der Waals surface area contributed by atoms with E-state index < -0.39 is 37.9 Å². The molecular weight excluding hydrogens is 446 g/mol. The second-order valence-electron chi connectivity index (χ2n) is 7.64. The Morgan fingerprint density at radius 3 is 2.88 bits per heavy atom. The van der Waals surface area contributed by atoms with Gasteiger partial charge in [0.1, 0.15) is 17.4 Å². The Bertz CT molecular complexity index is 1580. The van der Waals surface area contributed by atoms with Crippen LogP contribution in [0.5, 0.6) is 0 Å². The van der Waals surface area contributed by atoms with Crippen molar-refractivity contribution >= 4 is 34.6 Å². The van der Waals surface area contributed by atoms with Gasteiger partial charge in [-0.15, -0.1) is 21.5 Å². The number of rotatable bonds is 2. The molecule has 0 N–H and O–H groups in total. The molecule has 32 heavy (non-hydrogen) atoms. The highest BCUT2D eigenvalue weighted by molar-refractivity contribution is 7.15. The van der Waals surface area contributed by atoms with Crippen LogP contribution in [0.2, 0.25) is 5.02 Å². The third-order valence-corrected chi connectivity index (χ3v) is 7.35. The molecule has 1 aliphatic carbocycles. The van der Waals surface area contributed by atoms with Crippen LogP contribution in [0.25, 0.3) is 5.00 Å². The van der Waals surface area contributed by atoms with Gasteiger partial charge in [0, 0.05) is 39.9 Å². The van der Waals surface area contributed by atoms with Gasteiger partial charge in [0.2, 0.25) is 5.91 Å². The van der Waals surface area contributed by atoms with E-state index in [0.29, 0.717) is 27.9 Å². The zero-order chi connectivity index (χ0) is 29.0. The molecule has 0 radical (unpaired) electrons. The summed E-state index contributed by atoms with van der Waals surface area (Å²) < 4.78 is 71.4. The molecule has 1 aromatic carbocycles. The fourth-order valence-electron chi connectivity index (χ4n) is 4.36. The van der Waals surface area contributed by atoms with Crippen molar-refractivity contribution in [2.24, 2.45) is 10.9 Å². The lowest BCUT2D eigenvalue weighted by atomic mass is 9.97. The highest BCUT2D eigenvalue weighted by Gasteiger charge is 2.38. The van der Waals surface area contributed by atoms with Crippen molar-refractivity contribution < 1.29 is 20.5 Å². The van der Waals surface area contributed by atoms with Crippen molar-refractivity contribution in [2.75, 3.05) is 26.1 Å². The van der Waals surface area contributed by atoms with E-state index in [1.54, 1.807) is 12.1 Å². The molecule has 0 spiro atoms. The number of hydrogen-bond donors (Lipinski definition) is 0. The van der Waals surface area contributed by atoms with Gasteiger partial charge in [-0.1, -0.05) is 29.8 Å². The smallest absolute Gasteiger partial charge is 0.226 e. The highest BCUT2D eigenvalue weighted by Crippen LogP contribution is 2.43. The molecule has 7 nitrogen and oxygen atoms in total. The first-order valence-electron chi connectivity index (χ1n) is 14.0. The molecule has 1 atom stereocenters. The Hall–Kier alpha value is -2.55. The summed E-state index contributed by atoms with van der Waals surface area (Å²) in [5, 5.41) is 9.74. The maximum absolute atomic E-state index is 13.8. The van der Waals surface area contributed by atoms with E-state index in [2.05, 4.69) is 14.9 Å². The summed E-state index contributed by atoms with van der Waals surface area (Å²) in [6, 6.07) is 7.23.